The summed E-state index contributed by atoms with van der Waals surface area (Å²) in [5.41, 5.74) is 1.05. The zero-order valence-corrected chi connectivity index (χ0v) is 16.9. The lowest BCUT2D eigenvalue weighted by Gasteiger charge is -2.18. The fourth-order valence-corrected chi connectivity index (χ4v) is 5.58. The second-order valence-corrected chi connectivity index (χ2v) is 9.50. The first-order chi connectivity index (χ1) is 12.7. The van der Waals surface area contributed by atoms with Crippen LogP contribution in [0, 0.1) is 5.92 Å². The predicted molar refractivity (Wildman–Crippen MR) is 107 cm³/mol. The molecular weight excluding hydrogens is 386 g/mol. The minimum absolute atomic E-state index is 0.0607. The highest BCUT2D eigenvalue weighted by atomic mass is 32.2. The van der Waals surface area contributed by atoms with E-state index in [0.29, 0.717) is 6.61 Å². The van der Waals surface area contributed by atoms with Gasteiger partial charge in [-0.15, -0.1) is 11.3 Å². The minimum Gasteiger partial charge on any atom is -0.480 e. The SMILES string of the molecule is COCc1ccc2c(c1)sc1cc(S(=O)(=O)N[C@@H](C(=O)O)C(C)C)ccc12. The summed E-state index contributed by atoms with van der Waals surface area (Å²) < 4.78 is 34.7. The Morgan fingerprint density at radius 1 is 1.15 bits per heavy atom. The fraction of sp³-hybridized carbons (Fsp3) is 0.316. The van der Waals surface area contributed by atoms with Gasteiger partial charge in [0, 0.05) is 27.3 Å². The number of ether oxygens (including phenoxy) is 1. The number of aliphatic carboxylic acids is 1. The number of carboxylic acid groups (broad SMARTS) is 1. The molecule has 2 aromatic carbocycles. The van der Waals surface area contributed by atoms with Crippen LogP contribution >= 0.6 is 11.3 Å². The average molecular weight is 408 g/mol. The van der Waals surface area contributed by atoms with E-state index in [9.17, 15) is 18.3 Å². The van der Waals surface area contributed by atoms with Gasteiger partial charge in [0.2, 0.25) is 10.0 Å². The van der Waals surface area contributed by atoms with Crippen molar-refractivity contribution in [2.24, 2.45) is 5.92 Å². The number of hydrogen-bond acceptors (Lipinski definition) is 5. The summed E-state index contributed by atoms with van der Waals surface area (Å²) in [6.07, 6.45) is 0. The van der Waals surface area contributed by atoms with Gasteiger partial charge in [-0.05, 0) is 29.7 Å². The topological polar surface area (TPSA) is 92.7 Å². The molecule has 0 aliphatic heterocycles. The Morgan fingerprint density at radius 3 is 2.37 bits per heavy atom. The maximum Gasteiger partial charge on any atom is 0.322 e. The van der Waals surface area contributed by atoms with Gasteiger partial charge < -0.3 is 9.84 Å². The Balaban J connectivity index is 2.02. The van der Waals surface area contributed by atoms with Crippen molar-refractivity contribution in [3.05, 3.63) is 42.0 Å². The Bertz CT molecular complexity index is 1100. The number of fused-ring (bicyclic) bond motifs is 3. The molecule has 144 valence electrons. The lowest BCUT2D eigenvalue weighted by Crippen LogP contribution is -2.44. The molecule has 3 aromatic rings. The molecule has 0 aliphatic carbocycles. The van der Waals surface area contributed by atoms with Gasteiger partial charge in [0.1, 0.15) is 6.04 Å². The number of sulfonamides is 1. The predicted octanol–water partition coefficient (Wildman–Crippen LogP) is 3.59. The zero-order chi connectivity index (χ0) is 19.8. The first-order valence-corrected chi connectivity index (χ1v) is 10.7. The first kappa shape index (κ1) is 19.8. The second-order valence-electron chi connectivity index (χ2n) is 6.70. The van der Waals surface area contributed by atoms with E-state index in [0.717, 1.165) is 25.7 Å². The number of nitrogens with one attached hydrogen (secondary N) is 1. The van der Waals surface area contributed by atoms with Crippen LogP contribution < -0.4 is 4.72 Å². The van der Waals surface area contributed by atoms with Crippen molar-refractivity contribution in [2.45, 2.75) is 31.4 Å². The number of hydrogen-bond donors (Lipinski definition) is 2. The van der Waals surface area contributed by atoms with E-state index in [1.807, 2.05) is 18.2 Å². The number of benzene rings is 2. The number of rotatable bonds is 7. The molecule has 2 N–H and O–H groups in total. The summed E-state index contributed by atoms with van der Waals surface area (Å²) in [5, 5.41) is 11.3. The monoisotopic (exact) mass is 407 g/mol. The molecule has 1 heterocycles. The standard InChI is InChI=1S/C19H21NO5S2/c1-11(2)18(19(21)22)20-27(23,24)13-5-7-15-14-6-4-12(10-25-3)8-16(14)26-17(15)9-13/h4-9,11,18,20H,10H2,1-3H3,(H,21,22)/t18-/m1/s1. The van der Waals surface area contributed by atoms with Crippen LogP contribution in [0.1, 0.15) is 19.4 Å². The van der Waals surface area contributed by atoms with Crippen LogP contribution in [0.2, 0.25) is 0 Å². The Kier molecular flexibility index (Phi) is 5.53. The molecule has 3 rings (SSSR count). The van der Waals surface area contributed by atoms with E-state index >= 15 is 0 Å². The number of methoxy groups -OCH3 is 1. The number of thiophene rings is 1. The summed E-state index contributed by atoms with van der Waals surface area (Å²) in [5.74, 6) is -1.56. The van der Waals surface area contributed by atoms with Crippen LogP contribution in [0.25, 0.3) is 20.2 Å². The van der Waals surface area contributed by atoms with Crippen molar-refractivity contribution in [1.29, 1.82) is 0 Å². The summed E-state index contributed by atoms with van der Waals surface area (Å²) in [6, 6.07) is 9.73. The Hall–Kier alpha value is -2.00. The van der Waals surface area contributed by atoms with Gasteiger partial charge in [0.25, 0.3) is 0 Å². The summed E-state index contributed by atoms with van der Waals surface area (Å²) in [7, 11) is -2.30. The molecule has 0 bridgehead atoms. The fourth-order valence-electron chi connectivity index (χ4n) is 2.93. The maximum absolute atomic E-state index is 12.7. The highest BCUT2D eigenvalue weighted by Gasteiger charge is 2.28. The quantitative estimate of drug-likeness (QED) is 0.624. The molecule has 0 spiro atoms. The highest BCUT2D eigenvalue weighted by Crippen LogP contribution is 2.35. The molecule has 6 nitrogen and oxygen atoms in total. The number of carboxylic acids is 1. The molecular formula is C19H21NO5S2. The smallest absolute Gasteiger partial charge is 0.322 e. The molecule has 0 aliphatic rings. The van der Waals surface area contributed by atoms with Crippen LogP contribution in [0.4, 0.5) is 0 Å². The van der Waals surface area contributed by atoms with Gasteiger partial charge in [-0.25, -0.2) is 8.42 Å². The highest BCUT2D eigenvalue weighted by molar-refractivity contribution is 7.89. The van der Waals surface area contributed by atoms with Crippen LogP contribution in [0.3, 0.4) is 0 Å². The molecule has 0 radical (unpaired) electrons. The zero-order valence-electron chi connectivity index (χ0n) is 15.2. The molecule has 0 unspecified atom stereocenters. The third kappa shape index (κ3) is 3.98. The molecule has 1 atom stereocenters. The molecule has 27 heavy (non-hydrogen) atoms. The van der Waals surface area contributed by atoms with Crippen LogP contribution in [-0.4, -0.2) is 32.6 Å². The Labute approximate surface area is 161 Å². The van der Waals surface area contributed by atoms with Crippen molar-refractivity contribution < 1.29 is 23.1 Å². The molecule has 0 amide bonds. The third-order valence-electron chi connectivity index (χ3n) is 4.35. The van der Waals surface area contributed by atoms with E-state index in [1.54, 1.807) is 33.1 Å². The van der Waals surface area contributed by atoms with Crippen LogP contribution in [-0.2, 0) is 26.2 Å². The van der Waals surface area contributed by atoms with E-state index in [-0.39, 0.29) is 10.8 Å². The normalized spacial score (nSPS) is 13.5. The maximum atomic E-state index is 12.7. The lowest BCUT2D eigenvalue weighted by molar-refractivity contribution is -0.140. The minimum atomic E-state index is -3.94. The third-order valence-corrected chi connectivity index (χ3v) is 6.90. The van der Waals surface area contributed by atoms with Crippen LogP contribution in [0.5, 0.6) is 0 Å². The molecule has 0 fully saturated rings. The van der Waals surface area contributed by atoms with Gasteiger partial charge in [-0.3, -0.25) is 4.79 Å². The molecule has 0 saturated carbocycles. The van der Waals surface area contributed by atoms with Crippen molar-refractivity contribution in [2.75, 3.05) is 7.11 Å². The van der Waals surface area contributed by atoms with Gasteiger partial charge >= 0.3 is 5.97 Å². The Morgan fingerprint density at radius 2 is 1.78 bits per heavy atom. The van der Waals surface area contributed by atoms with Crippen LogP contribution in [0.15, 0.2) is 41.3 Å². The average Bonchev–Trinajstić information content (AvgIpc) is 2.96. The van der Waals surface area contributed by atoms with Gasteiger partial charge in [-0.2, -0.15) is 4.72 Å². The largest absolute Gasteiger partial charge is 0.480 e. The van der Waals surface area contributed by atoms with E-state index in [4.69, 9.17) is 4.74 Å². The lowest BCUT2D eigenvalue weighted by atomic mass is 10.1. The van der Waals surface area contributed by atoms with Crippen molar-refractivity contribution in [3.8, 4) is 0 Å². The van der Waals surface area contributed by atoms with E-state index in [1.165, 1.54) is 17.4 Å². The van der Waals surface area contributed by atoms with Gasteiger partial charge in [0.05, 0.1) is 11.5 Å². The van der Waals surface area contributed by atoms with E-state index in [2.05, 4.69) is 4.72 Å². The number of carbonyl (C=O) groups is 1. The first-order valence-electron chi connectivity index (χ1n) is 8.42. The van der Waals surface area contributed by atoms with Crippen molar-refractivity contribution in [1.82, 2.24) is 4.72 Å². The summed E-state index contributed by atoms with van der Waals surface area (Å²) in [4.78, 5) is 11.4. The summed E-state index contributed by atoms with van der Waals surface area (Å²) in [6.45, 7) is 3.84. The summed E-state index contributed by atoms with van der Waals surface area (Å²) >= 11 is 1.50. The van der Waals surface area contributed by atoms with Gasteiger partial charge in [0.15, 0.2) is 0 Å². The van der Waals surface area contributed by atoms with Gasteiger partial charge in [-0.1, -0.05) is 32.0 Å². The molecule has 8 heteroatoms. The molecule has 0 saturated heterocycles. The second kappa shape index (κ2) is 7.55. The van der Waals surface area contributed by atoms with Crippen molar-refractivity contribution in [3.63, 3.8) is 0 Å². The van der Waals surface area contributed by atoms with Crippen molar-refractivity contribution >= 4 is 47.5 Å². The molecule has 1 aromatic heterocycles. The van der Waals surface area contributed by atoms with E-state index < -0.39 is 22.0 Å².